The predicted octanol–water partition coefficient (Wildman–Crippen LogP) is 5.57. The number of imidazole rings is 1. The Labute approximate surface area is 246 Å². The number of rotatable bonds is 9. The summed E-state index contributed by atoms with van der Waals surface area (Å²) in [6, 6.07) is 21.6. The van der Waals surface area contributed by atoms with Gasteiger partial charge >= 0.3 is 5.97 Å². The molecule has 3 aromatic carbocycles. The number of hydrogen-bond donors (Lipinski definition) is 1. The number of nitrogens with zero attached hydrogens (tertiary/aromatic N) is 4. The first kappa shape index (κ1) is 28.0. The molecule has 0 bridgehead atoms. The van der Waals surface area contributed by atoms with E-state index in [-0.39, 0.29) is 30.5 Å². The van der Waals surface area contributed by atoms with E-state index in [9.17, 15) is 9.18 Å². The zero-order chi connectivity index (χ0) is 29.9. The molecule has 1 saturated heterocycles. The molecule has 0 spiro atoms. The number of halogens is 2. The molecule has 1 atom stereocenters. The van der Waals surface area contributed by atoms with Gasteiger partial charge in [-0.25, -0.2) is 23.5 Å². The molecule has 0 aliphatic carbocycles. The molecule has 1 N–H and O–H groups in total. The molecule has 6 rings (SSSR count). The molecule has 1 fully saturated rings. The monoisotopic (exact) mass is 579 g/mol. The van der Waals surface area contributed by atoms with Gasteiger partial charge in [-0.2, -0.15) is 5.26 Å². The molecule has 43 heavy (non-hydrogen) atoms. The summed E-state index contributed by atoms with van der Waals surface area (Å²) < 4.78 is 42.4. The Morgan fingerprint density at radius 2 is 1.86 bits per heavy atom. The summed E-state index contributed by atoms with van der Waals surface area (Å²) in [5.74, 6) is -0.407. The largest absolute Gasteiger partial charge is 0.473 e. The van der Waals surface area contributed by atoms with Crippen LogP contribution in [0.15, 0.2) is 72.8 Å². The van der Waals surface area contributed by atoms with Crippen molar-refractivity contribution in [1.82, 2.24) is 19.9 Å². The molecule has 0 radical (unpaired) electrons. The highest BCUT2D eigenvalue weighted by atomic mass is 19.1. The number of nitrogens with one attached hydrogen (secondary N) is 1. The summed E-state index contributed by atoms with van der Waals surface area (Å²) in [5, 5.41) is 12.3. The van der Waals surface area contributed by atoms with Gasteiger partial charge in [-0.05, 0) is 61.0 Å². The van der Waals surface area contributed by atoms with Crippen LogP contribution >= 0.6 is 0 Å². The molecular weight excluding hydrogens is 552 g/mol. The molecule has 3 heterocycles. The normalized spacial score (nSPS) is 14.2. The minimum atomic E-state index is -0.533. The van der Waals surface area contributed by atoms with Gasteiger partial charge in [-0.3, -0.25) is 0 Å². The van der Waals surface area contributed by atoms with Crippen LogP contribution in [-0.2, 0) is 24.3 Å². The highest BCUT2D eigenvalue weighted by molar-refractivity contribution is 5.93. The quantitative estimate of drug-likeness (QED) is 0.228. The van der Waals surface area contributed by atoms with Crippen LogP contribution in [0.25, 0.3) is 22.3 Å². The van der Waals surface area contributed by atoms with E-state index in [2.05, 4.69) is 10.3 Å². The van der Waals surface area contributed by atoms with Gasteiger partial charge < -0.3 is 19.4 Å². The summed E-state index contributed by atoms with van der Waals surface area (Å²) >= 11 is 0. The van der Waals surface area contributed by atoms with E-state index in [0.717, 1.165) is 30.1 Å². The number of carbonyl (C=O) groups excluding carboxylic acids is 1. The second-order valence-electron chi connectivity index (χ2n) is 10.3. The van der Waals surface area contributed by atoms with Gasteiger partial charge in [-0.1, -0.05) is 24.3 Å². The van der Waals surface area contributed by atoms with Crippen LogP contribution in [0.3, 0.4) is 0 Å². The van der Waals surface area contributed by atoms with Crippen molar-refractivity contribution in [3.63, 3.8) is 0 Å². The number of ether oxygens (including phenoxy) is 2. The number of esters is 1. The van der Waals surface area contributed by atoms with Crippen molar-refractivity contribution in [1.29, 1.82) is 5.26 Å². The zero-order valence-corrected chi connectivity index (χ0v) is 23.3. The van der Waals surface area contributed by atoms with Crippen molar-refractivity contribution >= 4 is 17.0 Å². The van der Waals surface area contributed by atoms with Gasteiger partial charge in [0.15, 0.2) is 0 Å². The van der Waals surface area contributed by atoms with Crippen molar-refractivity contribution in [3.05, 3.63) is 113 Å². The fourth-order valence-electron chi connectivity index (χ4n) is 5.04. The lowest BCUT2D eigenvalue weighted by Crippen LogP contribution is -2.45. The van der Waals surface area contributed by atoms with Gasteiger partial charge in [0.1, 0.15) is 24.1 Å². The number of pyridine rings is 1. The summed E-state index contributed by atoms with van der Waals surface area (Å²) in [6.07, 6.45) is 1.28. The first-order chi connectivity index (χ1) is 20.9. The highest BCUT2D eigenvalue weighted by Crippen LogP contribution is 2.27. The van der Waals surface area contributed by atoms with Crippen LogP contribution in [0.2, 0.25) is 0 Å². The van der Waals surface area contributed by atoms with Crippen molar-refractivity contribution in [3.8, 4) is 23.2 Å². The van der Waals surface area contributed by atoms with E-state index < -0.39 is 17.6 Å². The van der Waals surface area contributed by atoms with E-state index in [4.69, 9.17) is 19.7 Å². The second-order valence-corrected chi connectivity index (χ2v) is 10.3. The Balaban J connectivity index is 1.23. The van der Waals surface area contributed by atoms with Gasteiger partial charge in [-0.15, -0.1) is 0 Å². The number of carbonyl (C=O) groups is 1. The first-order valence-corrected chi connectivity index (χ1v) is 13.8. The highest BCUT2D eigenvalue weighted by Gasteiger charge is 2.22. The van der Waals surface area contributed by atoms with Crippen molar-refractivity contribution < 1.29 is 23.0 Å². The maximum atomic E-state index is 15.5. The van der Waals surface area contributed by atoms with E-state index in [1.54, 1.807) is 48.5 Å². The number of methoxy groups -OCH3 is 1. The number of hydrogen-bond acceptors (Lipinski definition) is 7. The second kappa shape index (κ2) is 12.0. The van der Waals surface area contributed by atoms with Gasteiger partial charge in [0.2, 0.25) is 5.88 Å². The number of benzene rings is 3. The smallest absolute Gasteiger partial charge is 0.337 e. The third kappa shape index (κ3) is 5.94. The molecule has 2 aromatic heterocycles. The minimum Gasteiger partial charge on any atom is -0.473 e. The molecule has 1 aliphatic heterocycles. The molecule has 5 aromatic rings. The maximum absolute atomic E-state index is 15.5. The number of aromatic nitrogens is 3. The average Bonchev–Trinajstić information content (AvgIpc) is 3.34. The Morgan fingerprint density at radius 3 is 2.58 bits per heavy atom. The predicted molar refractivity (Wildman–Crippen MR) is 155 cm³/mol. The molecule has 0 saturated carbocycles. The topological polar surface area (TPSA) is 102 Å². The summed E-state index contributed by atoms with van der Waals surface area (Å²) in [7, 11) is 1.34. The summed E-state index contributed by atoms with van der Waals surface area (Å²) in [5.41, 5.74) is 4.01. The number of fused-ring (bicyclic) bond motifs is 1. The molecule has 0 amide bonds. The van der Waals surface area contributed by atoms with Crippen LogP contribution in [0.5, 0.6) is 5.88 Å². The van der Waals surface area contributed by atoms with Gasteiger partial charge in [0.05, 0.1) is 41.0 Å². The van der Waals surface area contributed by atoms with Crippen LogP contribution in [0, 0.1) is 23.0 Å². The molecule has 1 unspecified atom stereocenters. The lowest BCUT2D eigenvalue weighted by molar-refractivity contribution is 0.0601. The summed E-state index contributed by atoms with van der Waals surface area (Å²) in [4.78, 5) is 21.4. The lowest BCUT2D eigenvalue weighted by Gasteiger charge is -2.28. The lowest BCUT2D eigenvalue weighted by atomic mass is 10.0. The molecule has 10 heteroatoms. The SMILES string of the molecule is COC(=O)c1ccc2nc(Cc3ccc(-c4cccc(OCc5ccc(C#N)cc5F)n4)cc3F)n(CC3CCN3)c2c1. The van der Waals surface area contributed by atoms with Crippen LogP contribution in [0.4, 0.5) is 8.78 Å². The Bertz CT molecular complexity index is 1880. The third-order valence-corrected chi connectivity index (χ3v) is 7.56. The van der Waals surface area contributed by atoms with Crippen molar-refractivity contribution in [2.75, 3.05) is 13.7 Å². The Morgan fingerprint density at radius 1 is 1.05 bits per heavy atom. The summed E-state index contributed by atoms with van der Waals surface area (Å²) in [6.45, 7) is 1.53. The van der Waals surface area contributed by atoms with E-state index in [1.807, 2.05) is 10.6 Å². The third-order valence-electron chi connectivity index (χ3n) is 7.56. The molecule has 1 aliphatic rings. The standard InChI is InChI=1S/C33H27F2N5O3/c1-42-33(41)23-9-10-29-30(15-23)40(18-25-11-12-37-25)31(38-29)16-21-7-8-22(14-27(21)35)28-3-2-4-32(39-28)43-19-24-6-5-20(17-36)13-26(24)34/h2-10,13-15,25,37H,11-12,16,18-19H2,1H3. The molecule has 8 nitrogen and oxygen atoms in total. The van der Waals surface area contributed by atoms with Gasteiger partial charge in [0, 0.05) is 36.2 Å². The Kier molecular flexibility index (Phi) is 7.81. The first-order valence-electron chi connectivity index (χ1n) is 13.8. The Hall–Kier alpha value is -5.14. The van der Waals surface area contributed by atoms with E-state index >= 15 is 4.39 Å². The average molecular weight is 580 g/mol. The number of nitriles is 1. The molecular formula is C33H27F2N5O3. The maximum Gasteiger partial charge on any atom is 0.337 e. The van der Waals surface area contributed by atoms with Crippen LogP contribution < -0.4 is 10.1 Å². The van der Waals surface area contributed by atoms with Crippen molar-refractivity contribution in [2.45, 2.75) is 32.0 Å². The van der Waals surface area contributed by atoms with Crippen LogP contribution in [-0.4, -0.2) is 40.2 Å². The van der Waals surface area contributed by atoms with Crippen molar-refractivity contribution in [2.24, 2.45) is 0 Å². The van der Waals surface area contributed by atoms with E-state index in [1.165, 1.54) is 25.3 Å². The van der Waals surface area contributed by atoms with E-state index in [0.29, 0.717) is 40.3 Å². The fraction of sp³-hybridized carbons (Fsp3) is 0.212. The van der Waals surface area contributed by atoms with Gasteiger partial charge in [0.25, 0.3) is 0 Å². The molecule has 216 valence electrons. The van der Waals surface area contributed by atoms with Crippen LogP contribution in [0.1, 0.15) is 39.3 Å². The fourth-order valence-corrected chi connectivity index (χ4v) is 5.04. The minimum absolute atomic E-state index is 0.0696. The zero-order valence-electron chi connectivity index (χ0n) is 23.3.